The number of hydrogen-bond donors (Lipinski definition) is 4. The van der Waals surface area contributed by atoms with Gasteiger partial charge in [0.15, 0.2) is 18.4 Å². The number of amides is 3. The van der Waals surface area contributed by atoms with Gasteiger partial charge in [-0.3, -0.25) is 28.8 Å². The number of hydrogen-bond acceptors (Lipinski definition) is 11. The number of esters is 3. The molecule has 0 aromatic heterocycles. The van der Waals surface area contributed by atoms with Crippen molar-refractivity contribution in [2.45, 2.75) is 84.1 Å². The smallest absolute Gasteiger partial charge is 0.303 e. The van der Waals surface area contributed by atoms with Gasteiger partial charge >= 0.3 is 17.9 Å². The SMILES string of the molecule is CCCNC(=O)[C@@H](N)CC(=O)N[C@@H]1O[C@H](COC(C)=O)[C@@H](OC(C)=O)[C@H](OC(C)=O)[C@H]1NC(C)=O. The number of carbonyl (C=O) groups excluding carboxylic acids is 6. The largest absolute Gasteiger partial charge is 0.463 e. The van der Waals surface area contributed by atoms with E-state index in [1.807, 2.05) is 6.92 Å². The quantitative estimate of drug-likeness (QED) is 0.180. The van der Waals surface area contributed by atoms with Crippen LogP contribution in [0.1, 0.15) is 47.5 Å². The van der Waals surface area contributed by atoms with Gasteiger partial charge in [0.1, 0.15) is 18.8 Å². The summed E-state index contributed by atoms with van der Waals surface area (Å²) in [5, 5.41) is 7.60. The van der Waals surface area contributed by atoms with Gasteiger partial charge in [0.25, 0.3) is 0 Å². The minimum Gasteiger partial charge on any atom is -0.463 e. The second-order valence-corrected chi connectivity index (χ2v) is 7.94. The Bertz CT molecular complexity index is 805. The Kier molecular flexibility index (Phi) is 12.1. The van der Waals surface area contributed by atoms with E-state index < -0.39 is 85.3 Å². The molecule has 0 unspecified atom stereocenters. The summed E-state index contributed by atoms with van der Waals surface area (Å²) in [7, 11) is 0. The molecule has 1 aliphatic rings. The maximum absolute atomic E-state index is 12.6. The Morgan fingerprint density at radius 3 is 2.03 bits per heavy atom. The van der Waals surface area contributed by atoms with Crippen molar-refractivity contribution in [2.24, 2.45) is 5.73 Å². The molecule has 14 nitrogen and oxygen atoms in total. The lowest BCUT2D eigenvalue weighted by atomic mass is 9.95. The molecule has 0 saturated carbocycles. The van der Waals surface area contributed by atoms with E-state index in [1.165, 1.54) is 6.92 Å². The zero-order valence-electron chi connectivity index (χ0n) is 20.5. The van der Waals surface area contributed by atoms with Gasteiger partial charge in [0, 0.05) is 34.2 Å². The molecule has 1 saturated heterocycles. The highest BCUT2D eigenvalue weighted by Crippen LogP contribution is 2.26. The molecule has 1 rings (SSSR count). The summed E-state index contributed by atoms with van der Waals surface area (Å²) in [4.78, 5) is 71.5. The van der Waals surface area contributed by atoms with Crippen LogP contribution in [-0.2, 0) is 47.7 Å². The summed E-state index contributed by atoms with van der Waals surface area (Å²) in [6.45, 7) is 6.39. The van der Waals surface area contributed by atoms with Gasteiger partial charge in [-0.1, -0.05) is 6.92 Å². The second kappa shape index (κ2) is 14.2. The molecule has 0 aromatic carbocycles. The fraction of sp³-hybridized carbons (Fsp3) is 0.714. The van der Waals surface area contributed by atoms with Gasteiger partial charge in [0.2, 0.25) is 17.7 Å². The molecular formula is C21H34N4O10. The van der Waals surface area contributed by atoms with Crippen molar-refractivity contribution in [1.82, 2.24) is 16.0 Å². The monoisotopic (exact) mass is 502 g/mol. The number of nitrogens with one attached hydrogen (secondary N) is 3. The highest BCUT2D eigenvalue weighted by molar-refractivity contribution is 5.88. The molecular weight excluding hydrogens is 468 g/mol. The fourth-order valence-electron chi connectivity index (χ4n) is 3.34. The molecule has 1 heterocycles. The van der Waals surface area contributed by atoms with Crippen LogP contribution in [0.3, 0.4) is 0 Å². The summed E-state index contributed by atoms with van der Waals surface area (Å²) >= 11 is 0. The molecule has 0 aliphatic carbocycles. The summed E-state index contributed by atoms with van der Waals surface area (Å²) in [6, 6.07) is -2.36. The van der Waals surface area contributed by atoms with E-state index in [2.05, 4.69) is 16.0 Å². The first-order valence-electron chi connectivity index (χ1n) is 11.1. The molecule has 0 spiro atoms. The van der Waals surface area contributed by atoms with Crippen molar-refractivity contribution < 1.29 is 47.7 Å². The Hall–Kier alpha value is -3.26. The Morgan fingerprint density at radius 2 is 1.51 bits per heavy atom. The van der Waals surface area contributed by atoms with E-state index in [4.69, 9.17) is 24.7 Å². The van der Waals surface area contributed by atoms with Gasteiger partial charge in [-0.25, -0.2) is 0 Å². The normalized spacial score (nSPS) is 24.3. The van der Waals surface area contributed by atoms with Crippen LogP contribution in [0.15, 0.2) is 0 Å². The van der Waals surface area contributed by atoms with Crippen LogP contribution in [0.4, 0.5) is 0 Å². The van der Waals surface area contributed by atoms with Crippen LogP contribution in [-0.4, -0.2) is 85.4 Å². The Balaban J connectivity index is 3.22. The van der Waals surface area contributed by atoms with Crippen molar-refractivity contribution in [1.29, 1.82) is 0 Å². The topological polar surface area (TPSA) is 201 Å². The first-order valence-corrected chi connectivity index (χ1v) is 11.1. The van der Waals surface area contributed by atoms with Crippen LogP contribution in [0.2, 0.25) is 0 Å². The van der Waals surface area contributed by atoms with Crippen LogP contribution in [0.5, 0.6) is 0 Å². The zero-order valence-corrected chi connectivity index (χ0v) is 20.5. The molecule has 0 bridgehead atoms. The number of ether oxygens (including phenoxy) is 4. The summed E-state index contributed by atoms with van der Waals surface area (Å²) in [6.07, 6.45) is -4.84. The maximum Gasteiger partial charge on any atom is 0.303 e. The van der Waals surface area contributed by atoms with Gasteiger partial charge < -0.3 is 40.6 Å². The fourth-order valence-corrected chi connectivity index (χ4v) is 3.34. The van der Waals surface area contributed by atoms with Gasteiger partial charge in [-0.15, -0.1) is 0 Å². The molecule has 1 fully saturated rings. The lowest BCUT2D eigenvalue weighted by molar-refractivity contribution is -0.228. The van der Waals surface area contributed by atoms with Crippen molar-refractivity contribution >= 4 is 35.6 Å². The average Bonchev–Trinajstić information content (AvgIpc) is 2.73. The van der Waals surface area contributed by atoms with Crippen molar-refractivity contribution in [2.75, 3.05) is 13.2 Å². The van der Waals surface area contributed by atoms with Crippen LogP contribution in [0, 0.1) is 0 Å². The third kappa shape index (κ3) is 10.3. The van der Waals surface area contributed by atoms with E-state index in [-0.39, 0.29) is 0 Å². The van der Waals surface area contributed by atoms with Crippen molar-refractivity contribution in [3.63, 3.8) is 0 Å². The first-order chi connectivity index (χ1) is 16.3. The molecule has 5 N–H and O–H groups in total. The summed E-state index contributed by atoms with van der Waals surface area (Å²) < 4.78 is 21.4. The zero-order chi connectivity index (χ0) is 26.7. The van der Waals surface area contributed by atoms with Crippen LogP contribution >= 0.6 is 0 Å². The highest BCUT2D eigenvalue weighted by atomic mass is 16.6. The Morgan fingerprint density at radius 1 is 0.914 bits per heavy atom. The van der Waals surface area contributed by atoms with E-state index in [1.54, 1.807) is 0 Å². The summed E-state index contributed by atoms with van der Waals surface area (Å²) in [5.41, 5.74) is 5.79. The average molecular weight is 503 g/mol. The van der Waals surface area contributed by atoms with Crippen molar-refractivity contribution in [3.05, 3.63) is 0 Å². The molecule has 0 radical (unpaired) electrons. The number of nitrogens with two attached hydrogens (primary N) is 1. The van der Waals surface area contributed by atoms with E-state index in [0.29, 0.717) is 13.0 Å². The van der Waals surface area contributed by atoms with Gasteiger partial charge in [0.05, 0.1) is 12.5 Å². The van der Waals surface area contributed by atoms with E-state index in [0.717, 1.165) is 20.8 Å². The maximum atomic E-state index is 12.6. The van der Waals surface area contributed by atoms with Gasteiger partial charge in [-0.05, 0) is 6.42 Å². The van der Waals surface area contributed by atoms with Crippen LogP contribution < -0.4 is 21.7 Å². The predicted octanol–water partition coefficient (Wildman–Crippen LogP) is -2.00. The lowest BCUT2D eigenvalue weighted by Crippen LogP contribution is -2.69. The van der Waals surface area contributed by atoms with Crippen LogP contribution in [0.25, 0.3) is 0 Å². The molecule has 3 amide bonds. The third-order valence-corrected chi connectivity index (χ3v) is 4.71. The molecule has 198 valence electrons. The predicted molar refractivity (Wildman–Crippen MR) is 118 cm³/mol. The van der Waals surface area contributed by atoms with E-state index in [9.17, 15) is 28.8 Å². The highest BCUT2D eigenvalue weighted by Gasteiger charge is 2.51. The van der Waals surface area contributed by atoms with Crippen molar-refractivity contribution in [3.8, 4) is 0 Å². The molecule has 0 aromatic rings. The molecule has 35 heavy (non-hydrogen) atoms. The number of carbonyl (C=O) groups is 6. The number of rotatable bonds is 11. The first kappa shape index (κ1) is 29.8. The summed E-state index contributed by atoms with van der Waals surface area (Å²) in [5.74, 6) is -3.97. The third-order valence-electron chi connectivity index (χ3n) is 4.71. The molecule has 6 atom stereocenters. The minimum atomic E-state index is -1.32. The second-order valence-electron chi connectivity index (χ2n) is 7.94. The van der Waals surface area contributed by atoms with E-state index >= 15 is 0 Å². The molecule has 1 aliphatic heterocycles. The minimum absolute atomic E-state index is 0.393. The molecule has 14 heteroatoms. The standard InChI is InChI=1S/C21H34N4O10/c1-6-7-23-20(31)14(22)8-16(30)25-21-17(24-10(2)26)19(34-13(5)29)18(33-12(4)28)15(35-21)9-32-11(3)27/h14-15,17-19,21H,6-9,22H2,1-5H3,(H,23,31)(H,24,26)(H,25,30)/t14-,15+,17+,18+,19+,21+/m0/s1. The lowest BCUT2D eigenvalue weighted by Gasteiger charge is -2.45. The van der Waals surface area contributed by atoms with Gasteiger partial charge in [-0.2, -0.15) is 0 Å². The Labute approximate surface area is 202 Å².